The van der Waals surface area contributed by atoms with Gasteiger partial charge in [0, 0.05) is 30.7 Å². The lowest BCUT2D eigenvalue weighted by molar-refractivity contribution is 0.0995. The van der Waals surface area contributed by atoms with Crippen molar-refractivity contribution in [1.82, 2.24) is 19.9 Å². The van der Waals surface area contributed by atoms with E-state index in [9.17, 15) is 4.79 Å². The third-order valence-corrected chi connectivity index (χ3v) is 3.52. The van der Waals surface area contributed by atoms with Gasteiger partial charge >= 0.3 is 0 Å². The SMILES string of the molecule is NC(=O)c1cc(-c2cncc(NCc3cccnc3)n2)c(Cl)cn1. The number of hydrogen-bond donors (Lipinski definition) is 2. The number of carbonyl (C=O) groups excluding carboxylic acids is 1. The number of anilines is 1. The van der Waals surface area contributed by atoms with E-state index in [4.69, 9.17) is 17.3 Å². The Morgan fingerprint density at radius 1 is 1.21 bits per heavy atom. The van der Waals surface area contributed by atoms with Gasteiger partial charge in [0.05, 0.1) is 23.1 Å². The zero-order valence-electron chi connectivity index (χ0n) is 12.5. The summed E-state index contributed by atoms with van der Waals surface area (Å²) in [7, 11) is 0. The van der Waals surface area contributed by atoms with Gasteiger partial charge in [0.15, 0.2) is 0 Å². The first-order valence-corrected chi connectivity index (χ1v) is 7.42. The van der Waals surface area contributed by atoms with Crippen molar-refractivity contribution in [2.75, 3.05) is 5.32 Å². The smallest absolute Gasteiger partial charge is 0.267 e. The number of amides is 1. The summed E-state index contributed by atoms with van der Waals surface area (Å²) >= 11 is 6.15. The van der Waals surface area contributed by atoms with Crippen LogP contribution in [0, 0.1) is 0 Å². The van der Waals surface area contributed by atoms with E-state index in [1.54, 1.807) is 24.8 Å². The van der Waals surface area contributed by atoms with Gasteiger partial charge in [-0.15, -0.1) is 0 Å². The maximum atomic E-state index is 11.3. The van der Waals surface area contributed by atoms with Crippen LogP contribution in [-0.4, -0.2) is 25.8 Å². The fourth-order valence-electron chi connectivity index (χ4n) is 2.05. The first kappa shape index (κ1) is 15.8. The van der Waals surface area contributed by atoms with Gasteiger partial charge in [0.25, 0.3) is 5.91 Å². The van der Waals surface area contributed by atoms with Gasteiger partial charge in [-0.25, -0.2) is 9.97 Å². The molecule has 3 aromatic heterocycles. The standard InChI is InChI=1S/C16H13ClN6O/c17-12-7-21-13(16(18)24)4-11(12)14-8-20-9-15(23-14)22-6-10-2-1-3-19-5-10/h1-5,7-9H,6H2,(H2,18,24)(H,22,23). The number of nitrogens with zero attached hydrogens (tertiary/aromatic N) is 4. The van der Waals surface area contributed by atoms with E-state index in [2.05, 4.69) is 25.3 Å². The number of hydrogen-bond acceptors (Lipinski definition) is 6. The second kappa shape index (κ2) is 7.01. The lowest BCUT2D eigenvalue weighted by atomic mass is 10.1. The molecule has 8 heteroatoms. The van der Waals surface area contributed by atoms with Crippen molar-refractivity contribution in [3.63, 3.8) is 0 Å². The zero-order chi connectivity index (χ0) is 16.9. The topological polar surface area (TPSA) is 107 Å². The summed E-state index contributed by atoms with van der Waals surface area (Å²) in [6, 6.07) is 5.32. The van der Waals surface area contributed by atoms with Crippen LogP contribution >= 0.6 is 11.6 Å². The van der Waals surface area contributed by atoms with Crippen LogP contribution in [0.15, 0.2) is 49.2 Å². The molecule has 120 valence electrons. The summed E-state index contributed by atoms with van der Waals surface area (Å²) in [5, 5.41) is 3.52. The Morgan fingerprint density at radius 3 is 2.83 bits per heavy atom. The number of aromatic nitrogens is 4. The Bertz CT molecular complexity index is 871. The molecule has 3 heterocycles. The Labute approximate surface area is 143 Å². The third kappa shape index (κ3) is 3.64. The quantitative estimate of drug-likeness (QED) is 0.738. The number of pyridine rings is 2. The Kier molecular flexibility index (Phi) is 4.62. The molecular formula is C16H13ClN6O. The Balaban J connectivity index is 1.85. The van der Waals surface area contributed by atoms with Crippen molar-refractivity contribution >= 4 is 23.3 Å². The van der Waals surface area contributed by atoms with E-state index in [0.717, 1.165) is 5.56 Å². The molecule has 0 aromatic carbocycles. The van der Waals surface area contributed by atoms with E-state index in [-0.39, 0.29) is 5.69 Å². The van der Waals surface area contributed by atoms with Crippen LogP contribution in [0.1, 0.15) is 16.1 Å². The molecule has 0 spiro atoms. The predicted molar refractivity (Wildman–Crippen MR) is 90.4 cm³/mol. The molecule has 3 aromatic rings. The summed E-state index contributed by atoms with van der Waals surface area (Å²) in [4.78, 5) is 27.8. The van der Waals surface area contributed by atoms with Gasteiger partial charge in [0.2, 0.25) is 0 Å². The lowest BCUT2D eigenvalue weighted by Gasteiger charge is -2.08. The minimum atomic E-state index is -0.633. The molecule has 1 amide bonds. The molecule has 3 N–H and O–H groups in total. The molecule has 0 bridgehead atoms. The molecule has 0 unspecified atom stereocenters. The highest BCUT2D eigenvalue weighted by Crippen LogP contribution is 2.26. The molecule has 0 radical (unpaired) electrons. The van der Waals surface area contributed by atoms with Crippen LogP contribution in [-0.2, 0) is 6.54 Å². The van der Waals surface area contributed by atoms with Gasteiger partial charge in [-0.05, 0) is 17.7 Å². The predicted octanol–water partition coefficient (Wildman–Crippen LogP) is 2.30. The van der Waals surface area contributed by atoms with E-state index in [1.165, 1.54) is 12.3 Å². The zero-order valence-corrected chi connectivity index (χ0v) is 13.2. The summed E-state index contributed by atoms with van der Waals surface area (Å²) in [5.41, 5.74) is 7.44. The molecule has 0 aliphatic rings. The van der Waals surface area contributed by atoms with Crippen molar-refractivity contribution in [1.29, 1.82) is 0 Å². The van der Waals surface area contributed by atoms with E-state index in [0.29, 0.717) is 28.6 Å². The highest BCUT2D eigenvalue weighted by Gasteiger charge is 2.11. The molecular weight excluding hydrogens is 328 g/mol. The first-order valence-electron chi connectivity index (χ1n) is 7.04. The van der Waals surface area contributed by atoms with Crippen molar-refractivity contribution < 1.29 is 4.79 Å². The average molecular weight is 341 g/mol. The van der Waals surface area contributed by atoms with E-state index < -0.39 is 5.91 Å². The molecule has 0 fully saturated rings. The van der Waals surface area contributed by atoms with E-state index >= 15 is 0 Å². The molecule has 0 atom stereocenters. The second-order valence-electron chi connectivity index (χ2n) is 4.92. The van der Waals surface area contributed by atoms with Gasteiger partial charge < -0.3 is 11.1 Å². The van der Waals surface area contributed by atoms with Crippen LogP contribution in [0.4, 0.5) is 5.82 Å². The largest absolute Gasteiger partial charge is 0.365 e. The number of rotatable bonds is 5. The molecule has 0 saturated carbocycles. The van der Waals surface area contributed by atoms with Crippen molar-refractivity contribution in [2.45, 2.75) is 6.54 Å². The minimum absolute atomic E-state index is 0.116. The summed E-state index contributed by atoms with van der Waals surface area (Å²) in [5.74, 6) is -0.0587. The van der Waals surface area contributed by atoms with Crippen LogP contribution in [0.2, 0.25) is 5.02 Å². The van der Waals surface area contributed by atoms with Crippen LogP contribution in [0.3, 0.4) is 0 Å². The number of nitrogens with two attached hydrogens (primary N) is 1. The van der Waals surface area contributed by atoms with Crippen LogP contribution < -0.4 is 11.1 Å². The molecule has 3 rings (SSSR count). The van der Waals surface area contributed by atoms with Crippen molar-refractivity contribution in [3.8, 4) is 11.3 Å². The molecule has 0 saturated heterocycles. The van der Waals surface area contributed by atoms with Gasteiger partial charge in [-0.3, -0.25) is 14.8 Å². The number of nitrogens with one attached hydrogen (secondary N) is 1. The molecule has 24 heavy (non-hydrogen) atoms. The Morgan fingerprint density at radius 2 is 2.08 bits per heavy atom. The molecule has 0 aliphatic carbocycles. The monoisotopic (exact) mass is 340 g/mol. The Hall–Kier alpha value is -3.06. The van der Waals surface area contributed by atoms with Gasteiger partial charge in [0.1, 0.15) is 11.5 Å². The first-order chi connectivity index (χ1) is 11.6. The maximum Gasteiger partial charge on any atom is 0.267 e. The van der Waals surface area contributed by atoms with Crippen LogP contribution in [0.5, 0.6) is 0 Å². The fourth-order valence-corrected chi connectivity index (χ4v) is 2.25. The maximum absolute atomic E-state index is 11.3. The van der Waals surface area contributed by atoms with Gasteiger partial charge in [-0.2, -0.15) is 0 Å². The number of carbonyl (C=O) groups is 1. The highest BCUT2D eigenvalue weighted by molar-refractivity contribution is 6.33. The number of primary amides is 1. The van der Waals surface area contributed by atoms with Crippen LogP contribution in [0.25, 0.3) is 11.3 Å². The second-order valence-corrected chi connectivity index (χ2v) is 5.33. The summed E-state index contributed by atoms with van der Waals surface area (Å²) in [6.45, 7) is 0.558. The minimum Gasteiger partial charge on any atom is -0.365 e. The average Bonchev–Trinajstić information content (AvgIpc) is 2.61. The molecule has 7 nitrogen and oxygen atoms in total. The number of halogens is 1. The summed E-state index contributed by atoms with van der Waals surface area (Å²) < 4.78 is 0. The van der Waals surface area contributed by atoms with E-state index in [1.807, 2.05) is 12.1 Å². The van der Waals surface area contributed by atoms with Crippen molar-refractivity contribution in [3.05, 3.63) is 65.5 Å². The normalized spacial score (nSPS) is 10.4. The highest BCUT2D eigenvalue weighted by atomic mass is 35.5. The summed E-state index contributed by atoms with van der Waals surface area (Å²) in [6.07, 6.45) is 8.01. The third-order valence-electron chi connectivity index (χ3n) is 3.21. The molecule has 0 aliphatic heterocycles. The van der Waals surface area contributed by atoms with Gasteiger partial charge in [-0.1, -0.05) is 17.7 Å². The lowest BCUT2D eigenvalue weighted by Crippen LogP contribution is -2.13. The van der Waals surface area contributed by atoms with Crippen molar-refractivity contribution in [2.24, 2.45) is 5.73 Å². The fraction of sp³-hybridized carbons (Fsp3) is 0.0625.